The van der Waals surface area contributed by atoms with Crippen LogP contribution in [-0.2, 0) is 17.4 Å². The van der Waals surface area contributed by atoms with Crippen molar-refractivity contribution in [1.82, 2.24) is 9.55 Å². The van der Waals surface area contributed by atoms with E-state index in [4.69, 9.17) is 4.74 Å². The molecule has 5 aromatic rings. The molecule has 0 unspecified atom stereocenters. The van der Waals surface area contributed by atoms with Crippen molar-refractivity contribution >= 4 is 27.8 Å². The van der Waals surface area contributed by atoms with Crippen LogP contribution in [0.1, 0.15) is 16.7 Å². The summed E-state index contributed by atoms with van der Waals surface area (Å²) in [5, 5.41) is 1.80. The molecule has 4 aromatic carbocycles. The number of ether oxygens (including phenoxy) is 1. The number of alkyl halides is 3. The third-order valence-corrected chi connectivity index (χ3v) is 5.67. The molecule has 34 heavy (non-hydrogen) atoms. The van der Waals surface area contributed by atoms with E-state index in [9.17, 15) is 18.0 Å². The smallest absolute Gasteiger partial charge is 0.419 e. The molecule has 4 nitrogen and oxygen atoms in total. The fraction of sp³-hybridized carbons (Fsp3) is 0.111. The highest BCUT2D eigenvalue weighted by Crippen LogP contribution is 2.36. The van der Waals surface area contributed by atoms with Crippen molar-refractivity contribution in [3.63, 3.8) is 0 Å². The van der Waals surface area contributed by atoms with Crippen LogP contribution in [0.2, 0.25) is 0 Å². The second-order valence-electron chi connectivity index (χ2n) is 8.08. The molecule has 7 heteroatoms. The third kappa shape index (κ3) is 4.12. The Morgan fingerprint density at radius 1 is 0.971 bits per heavy atom. The predicted molar refractivity (Wildman–Crippen MR) is 124 cm³/mol. The third-order valence-electron chi connectivity index (χ3n) is 5.67. The fourth-order valence-corrected chi connectivity index (χ4v) is 4.00. The first-order chi connectivity index (χ1) is 16.3. The van der Waals surface area contributed by atoms with Gasteiger partial charge in [0, 0.05) is 11.1 Å². The summed E-state index contributed by atoms with van der Waals surface area (Å²) in [4.78, 5) is 17.0. The number of hydrogen-bond acceptors (Lipinski definition) is 3. The van der Waals surface area contributed by atoms with Crippen LogP contribution >= 0.6 is 0 Å². The first-order valence-electron chi connectivity index (χ1n) is 10.6. The maximum absolute atomic E-state index is 13.2. The monoisotopic (exact) mass is 460 g/mol. The van der Waals surface area contributed by atoms with E-state index in [2.05, 4.69) is 4.98 Å². The number of esters is 1. The quantitative estimate of drug-likeness (QED) is 0.223. The summed E-state index contributed by atoms with van der Waals surface area (Å²) in [5.41, 5.74) is 3.61. The Kier molecular flexibility index (Phi) is 5.32. The molecule has 1 aromatic heterocycles. The van der Waals surface area contributed by atoms with E-state index in [0.29, 0.717) is 5.56 Å². The lowest BCUT2D eigenvalue weighted by Gasteiger charge is -2.12. The zero-order chi connectivity index (χ0) is 23.9. The van der Waals surface area contributed by atoms with Gasteiger partial charge in [-0.05, 0) is 48.2 Å². The number of para-hydroxylation sites is 1. The number of benzene rings is 4. The van der Waals surface area contributed by atoms with Crippen LogP contribution in [0.25, 0.3) is 27.5 Å². The van der Waals surface area contributed by atoms with Gasteiger partial charge < -0.3 is 4.74 Å². The average Bonchev–Trinajstić information content (AvgIpc) is 3.23. The molecule has 0 amide bonds. The van der Waals surface area contributed by atoms with Gasteiger partial charge in [-0.2, -0.15) is 13.2 Å². The summed E-state index contributed by atoms with van der Waals surface area (Å²) in [7, 11) is 0. The summed E-state index contributed by atoms with van der Waals surface area (Å²) < 4.78 is 46.5. The number of hydrogen-bond donors (Lipinski definition) is 0. The van der Waals surface area contributed by atoms with Crippen LogP contribution in [0.5, 0.6) is 5.75 Å². The zero-order valence-electron chi connectivity index (χ0n) is 18.1. The number of fused-ring (bicyclic) bond motifs is 3. The Labute approximate surface area is 193 Å². The van der Waals surface area contributed by atoms with Crippen molar-refractivity contribution in [2.24, 2.45) is 0 Å². The molecule has 0 radical (unpaired) electrons. The molecule has 0 aliphatic carbocycles. The highest BCUT2D eigenvalue weighted by Gasteiger charge is 2.34. The minimum atomic E-state index is -4.60. The lowest BCUT2D eigenvalue weighted by atomic mass is 10.0. The first kappa shape index (κ1) is 21.7. The van der Waals surface area contributed by atoms with E-state index in [-0.39, 0.29) is 6.42 Å². The Bertz CT molecular complexity index is 1520. The predicted octanol–water partition coefficient (Wildman–Crippen LogP) is 6.65. The lowest BCUT2D eigenvalue weighted by Crippen LogP contribution is -2.15. The summed E-state index contributed by atoms with van der Waals surface area (Å²) in [6, 6.07) is 22.2. The Hall–Kier alpha value is -4.13. The molecule has 0 bridgehead atoms. The maximum atomic E-state index is 13.2. The minimum Gasteiger partial charge on any atom is -0.426 e. The number of aryl methyl sites for hydroxylation is 1. The Morgan fingerprint density at radius 3 is 2.50 bits per heavy atom. The van der Waals surface area contributed by atoms with Gasteiger partial charge in [-0.15, -0.1) is 0 Å². The molecule has 0 saturated heterocycles. The number of rotatable bonds is 4. The van der Waals surface area contributed by atoms with Gasteiger partial charge in [-0.25, -0.2) is 4.98 Å². The normalized spacial score (nSPS) is 11.8. The van der Waals surface area contributed by atoms with E-state index in [1.54, 1.807) is 12.4 Å². The Morgan fingerprint density at radius 2 is 1.74 bits per heavy atom. The van der Waals surface area contributed by atoms with Gasteiger partial charge in [0.15, 0.2) is 0 Å². The highest BCUT2D eigenvalue weighted by molar-refractivity contribution is 6.05. The summed E-state index contributed by atoms with van der Waals surface area (Å²) >= 11 is 0. The fourth-order valence-electron chi connectivity index (χ4n) is 4.00. The molecular formula is C27H19F3N2O2. The van der Waals surface area contributed by atoms with E-state index in [1.807, 2.05) is 60.0 Å². The van der Waals surface area contributed by atoms with E-state index < -0.39 is 23.5 Å². The molecule has 5 rings (SSSR count). The molecule has 0 fully saturated rings. The molecule has 0 N–H and O–H groups in total. The average molecular weight is 460 g/mol. The number of aromatic nitrogens is 2. The molecule has 0 spiro atoms. The van der Waals surface area contributed by atoms with E-state index >= 15 is 0 Å². The molecule has 0 atom stereocenters. The highest BCUT2D eigenvalue weighted by atomic mass is 19.4. The maximum Gasteiger partial charge on any atom is 0.419 e. The molecule has 1 heterocycles. The molecular weight excluding hydrogens is 441 g/mol. The molecule has 170 valence electrons. The van der Waals surface area contributed by atoms with Crippen molar-refractivity contribution in [3.05, 3.63) is 102 Å². The largest absolute Gasteiger partial charge is 0.426 e. The van der Waals surface area contributed by atoms with Crippen LogP contribution in [-0.4, -0.2) is 15.5 Å². The van der Waals surface area contributed by atoms with Crippen molar-refractivity contribution in [3.8, 4) is 11.4 Å². The van der Waals surface area contributed by atoms with Gasteiger partial charge in [0.1, 0.15) is 12.1 Å². The number of halogens is 3. The SMILES string of the molecule is Cc1ccc(-n2cnc3c4ccc(CC(=O)Oc5ccccc5C(F)(F)F)cc4ccc32)cc1. The molecule has 0 aliphatic heterocycles. The van der Waals surface area contributed by atoms with Crippen molar-refractivity contribution < 1.29 is 22.7 Å². The second kappa shape index (κ2) is 8.33. The first-order valence-corrected chi connectivity index (χ1v) is 10.6. The van der Waals surface area contributed by atoms with Gasteiger partial charge in [0.05, 0.1) is 23.0 Å². The molecule has 0 saturated carbocycles. The number of carbonyl (C=O) groups excluding carboxylic acids is 1. The standard InChI is InChI=1S/C27H19F3N2O2/c1-17-6-10-20(11-7-17)32-16-31-26-21-12-8-18(14-19(21)9-13-23(26)32)15-25(33)34-24-5-3-2-4-22(24)27(28,29)30/h2-14,16H,15H2,1H3. The molecule has 0 aliphatic rings. The Balaban J connectivity index is 1.41. The van der Waals surface area contributed by atoms with Crippen molar-refractivity contribution in [2.45, 2.75) is 19.5 Å². The summed E-state index contributed by atoms with van der Waals surface area (Å²) in [6.07, 6.45) is -2.98. The van der Waals surface area contributed by atoms with Gasteiger partial charge in [-0.3, -0.25) is 9.36 Å². The topological polar surface area (TPSA) is 44.1 Å². The number of carbonyl (C=O) groups is 1. The van der Waals surface area contributed by atoms with Gasteiger partial charge in [0.25, 0.3) is 0 Å². The van der Waals surface area contributed by atoms with Gasteiger partial charge in [0.2, 0.25) is 0 Å². The number of imidazole rings is 1. The van der Waals surface area contributed by atoms with Gasteiger partial charge in [-0.1, -0.05) is 54.1 Å². The van der Waals surface area contributed by atoms with E-state index in [0.717, 1.165) is 39.6 Å². The minimum absolute atomic E-state index is 0.155. The van der Waals surface area contributed by atoms with Crippen LogP contribution in [0.4, 0.5) is 13.2 Å². The van der Waals surface area contributed by atoms with Crippen LogP contribution in [0.3, 0.4) is 0 Å². The second-order valence-corrected chi connectivity index (χ2v) is 8.08. The van der Waals surface area contributed by atoms with Crippen molar-refractivity contribution in [2.75, 3.05) is 0 Å². The van der Waals surface area contributed by atoms with Crippen LogP contribution in [0, 0.1) is 6.92 Å². The van der Waals surface area contributed by atoms with Crippen LogP contribution in [0.15, 0.2) is 85.2 Å². The summed E-state index contributed by atoms with van der Waals surface area (Å²) in [5.74, 6) is -1.26. The number of nitrogens with zero attached hydrogens (tertiary/aromatic N) is 2. The summed E-state index contributed by atoms with van der Waals surface area (Å²) in [6.45, 7) is 2.03. The zero-order valence-corrected chi connectivity index (χ0v) is 18.1. The van der Waals surface area contributed by atoms with Crippen molar-refractivity contribution in [1.29, 1.82) is 0 Å². The van der Waals surface area contributed by atoms with Gasteiger partial charge >= 0.3 is 12.1 Å². The van der Waals surface area contributed by atoms with Crippen LogP contribution < -0.4 is 4.74 Å². The lowest BCUT2D eigenvalue weighted by molar-refractivity contribution is -0.142. The van der Waals surface area contributed by atoms with E-state index in [1.165, 1.54) is 17.7 Å².